The molecule has 7 heteroatoms. The molecule has 6 nitrogen and oxygen atoms in total. The third-order valence-electron chi connectivity index (χ3n) is 2.46. The molecule has 0 unspecified atom stereocenters. The highest BCUT2D eigenvalue weighted by Gasteiger charge is 2.14. The van der Waals surface area contributed by atoms with Gasteiger partial charge in [-0.15, -0.1) is 5.10 Å². The van der Waals surface area contributed by atoms with Gasteiger partial charge in [0.2, 0.25) is 5.91 Å². The normalized spacial score (nSPS) is 10.6. The smallest absolute Gasteiger partial charge is 0.236 e. The molecular formula is C10H19N5OS. The van der Waals surface area contributed by atoms with Crippen molar-refractivity contribution in [1.29, 1.82) is 0 Å². The molecule has 0 aliphatic heterocycles. The Bertz CT molecular complexity index is 365. The molecule has 1 aromatic rings. The van der Waals surface area contributed by atoms with E-state index in [1.807, 2.05) is 18.9 Å². The summed E-state index contributed by atoms with van der Waals surface area (Å²) >= 11 is 1.33. The van der Waals surface area contributed by atoms with Crippen LogP contribution in [0.15, 0.2) is 0 Å². The molecule has 17 heavy (non-hydrogen) atoms. The van der Waals surface area contributed by atoms with Gasteiger partial charge in [0.05, 0.1) is 6.54 Å². The molecule has 1 aromatic heterocycles. The quantitative estimate of drug-likeness (QED) is 0.803. The fraction of sp³-hybridized carbons (Fsp3) is 0.700. The van der Waals surface area contributed by atoms with Crippen molar-refractivity contribution < 1.29 is 4.79 Å². The SMILES string of the molecule is CCN(CC(=O)N(C)C)Cc1nnsc1NC. The number of nitrogens with one attached hydrogen (secondary N) is 1. The molecule has 0 aromatic carbocycles. The molecule has 1 N–H and O–H groups in total. The zero-order valence-electron chi connectivity index (χ0n) is 10.7. The highest BCUT2D eigenvalue weighted by molar-refractivity contribution is 7.10. The number of likely N-dealkylation sites (N-methyl/N-ethyl adjacent to an activating group) is 2. The molecule has 1 heterocycles. The van der Waals surface area contributed by atoms with E-state index in [9.17, 15) is 4.79 Å². The second-order valence-electron chi connectivity index (χ2n) is 3.89. The van der Waals surface area contributed by atoms with E-state index in [0.717, 1.165) is 17.2 Å². The van der Waals surface area contributed by atoms with Crippen LogP contribution < -0.4 is 5.32 Å². The van der Waals surface area contributed by atoms with Crippen LogP contribution in [0.4, 0.5) is 5.00 Å². The lowest BCUT2D eigenvalue weighted by atomic mass is 10.3. The fourth-order valence-corrected chi connectivity index (χ4v) is 1.85. The topological polar surface area (TPSA) is 61.4 Å². The minimum Gasteiger partial charge on any atom is -0.377 e. The average Bonchev–Trinajstić information content (AvgIpc) is 2.75. The van der Waals surface area contributed by atoms with E-state index in [-0.39, 0.29) is 5.91 Å². The van der Waals surface area contributed by atoms with Gasteiger partial charge in [-0.2, -0.15) is 0 Å². The second-order valence-corrected chi connectivity index (χ2v) is 4.64. The molecule has 0 aliphatic carbocycles. The molecule has 0 spiro atoms. The summed E-state index contributed by atoms with van der Waals surface area (Å²) in [5.41, 5.74) is 0.894. The Balaban J connectivity index is 2.61. The molecule has 0 saturated carbocycles. The first-order valence-corrected chi connectivity index (χ1v) is 6.27. The van der Waals surface area contributed by atoms with Gasteiger partial charge in [-0.1, -0.05) is 11.4 Å². The summed E-state index contributed by atoms with van der Waals surface area (Å²) in [7, 11) is 5.37. The van der Waals surface area contributed by atoms with Gasteiger partial charge in [0.25, 0.3) is 0 Å². The lowest BCUT2D eigenvalue weighted by molar-refractivity contribution is -0.130. The van der Waals surface area contributed by atoms with E-state index in [1.165, 1.54) is 11.5 Å². The van der Waals surface area contributed by atoms with Crippen LogP contribution in [0.5, 0.6) is 0 Å². The predicted molar refractivity (Wildman–Crippen MR) is 69.1 cm³/mol. The van der Waals surface area contributed by atoms with Crippen LogP contribution in [-0.4, -0.2) is 59.5 Å². The van der Waals surface area contributed by atoms with Crippen LogP contribution in [0.3, 0.4) is 0 Å². The van der Waals surface area contributed by atoms with Gasteiger partial charge in [0, 0.05) is 39.2 Å². The first-order chi connectivity index (χ1) is 8.08. The van der Waals surface area contributed by atoms with Crippen molar-refractivity contribution in [1.82, 2.24) is 19.4 Å². The molecule has 1 rings (SSSR count). The first-order valence-electron chi connectivity index (χ1n) is 5.50. The summed E-state index contributed by atoms with van der Waals surface area (Å²) in [4.78, 5) is 15.3. The maximum absolute atomic E-state index is 11.6. The van der Waals surface area contributed by atoms with Crippen molar-refractivity contribution >= 4 is 22.4 Å². The Labute approximate surface area is 106 Å². The Morgan fingerprint density at radius 1 is 1.47 bits per heavy atom. The Morgan fingerprint density at radius 3 is 2.71 bits per heavy atom. The van der Waals surface area contributed by atoms with Crippen LogP contribution in [0.25, 0.3) is 0 Å². The van der Waals surface area contributed by atoms with Gasteiger partial charge >= 0.3 is 0 Å². The number of nitrogens with zero attached hydrogens (tertiary/aromatic N) is 4. The highest BCUT2D eigenvalue weighted by atomic mass is 32.1. The number of anilines is 1. The summed E-state index contributed by atoms with van der Waals surface area (Å²) in [6.45, 7) is 3.88. The van der Waals surface area contributed by atoms with Crippen LogP contribution >= 0.6 is 11.5 Å². The van der Waals surface area contributed by atoms with Crippen molar-refractivity contribution in [3.05, 3.63) is 5.69 Å². The zero-order chi connectivity index (χ0) is 12.8. The van der Waals surface area contributed by atoms with E-state index >= 15 is 0 Å². The Morgan fingerprint density at radius 2 is 2.18 bits per heavy atom. The number of hydrogen-bond acceptors (Lipinski definition) is 6. The van der Waals surface area contributed by atoms with Crippen LogP contribution in [-0.2, 0) is 11.3 Å². The lowest BCUT2D eigenvalue weighted by Crippen LogP contribution is -2.36. The van der Waals surface area contributed by atoms with Gasteiger partial charge in [0.15, 0.2) is 0 Å². The maximum atomic E-state index is 11.6. The standard InChI is InChI=1S/C10H19N5OS/c1-5-15(7-9(16)14(3)4)6-8-10(11-2)17-13-12-8/h11H,5-7H2,1-4H3. The van der Waals surface area contributed by atoms with Crippen molar-refractivity contribution in [2.45, 2.75) is 13.5 Å². The van der Waals surface area contributed by atoms with E-state index in [0.29, 0.717) is 13.1 Å². The van der Waals surface area contributed by atoms with Gasteiger partial charge in [-0.3, -0.25) is 9.69 Å². The van der Waals surface area contributed by atoms with Crippen LogP contribution in [0, 0.1) is 0 Å². The fourth-order valence-electron chi connectivity index (χ4n) is 1.33. The van der Waals surface area contributed by atoms with E-state index < -0.39 is 0 Å². The minimum absolute atomic E-state index is 0.0982. The summed E-state index contributed by atoms with van der Waals surface area (Å²) in [6, 6.07) is 0. The zero-order valence-corrected chi connectivity index (χ0v) is 11.5. The summed E-state index contributed by atoms with van der Waals surface area (Å²) < 4.78 is 3.90. The summed E-state index contributed by atoms with van der Waals surface area (Å²) in [6.07, 6.45) is 0. The minimum atomic E-state index is 0.0982. The van der Waals surface area contributed by atoms with Gasteiger partial charge in [-0.05, 0) is 6.54 Å². The van der Waals surface area contributed by atoms with Gasteiger partial charge in [0.1, 0.15) is 10.7 Å². The first kappa shape index (κ1) is 13.9. The van der Waals surface area contributed by atoms with E-state index in [4.69, 9.17) is 0 Å². The van der Waals surface area contributed by atoms with Crippen molar-refractivity contribution in [2.75, 3.05) is 39.5 Å². The van der Waals surface area contributed by atoms with Crippen LogP contribution in [0.1, 0.15) is 12.6 Å². The molecular weight excluding hydrogens is 238 g/mol. The number of carbonyl (C=O) groups is 1. The predicted octanol–water partition coefficient (Wildman–Crippen LogP) is 0.490. The third kappa shape index (κ3) is 3.94. The number of aromatic nitrogens is 2. The highest BCUT2D eigenvalue weighted by Crippen LogP contribution is 2.18. The average molecular weight is 257 g/mol. The number of hydrogen-bond donors (Lipinski definition) is 1. The second kappa shape index (κ2) is 6.51. The van der Waals surface area contributed by atoms with Crippen molar-refractivity contribution in [2.24, 2.45) is 0 Å². The molecule has 0 bridgehead atoms. The van der Waals surface area contributed by atoms with E-state index in [2.05, 4.69) is 14.9 Å². The third-order valence-corrected chi connectivity index (χ3v) is 3.25. The Kier molecular flexibility index (Phi) is 5.30. The van der Waals surface area contributed by atoms with Crippen LogP contribution in [0.2, 0.25) is 0 Å². The molecule has 0 saturated heterocycles. The van der Waals surface area contributed by atoms with Gasteiger partial charge in [-0.25, -0.2) is 0 Å². The molecule has 96 valence electrons. The van der Waals surface area contributed by atoms with Crippen molar-refractivity contribution in [3.8, 4) is 0 Å². The lowest BCUT2D eigenvalue weighted by Gasteiger charge is -2.21. The Hall–Kier alpha value is -1.21. The molecule has 0 aliphatic rings. The molecule has 1 amide bonds. The molecule has 0 fully saturated rings. The van der Waals surface area contributed by atoms with Crippen molar-refractivity contribution in [3.63, 3.8) is 0 Å². The van der Waals surface area contributed by atoms with Gasteiger partial charge < -0.3 is 10.2 Å². The summed E-state index contributed by atoms with van der Waals surface area (Å²) in [5, 5.41) is 8.08. The monoisotopic (exact) mass is 257 g/mol. The number of rotatable bonds is 6. The summed E-state index contributed by atoms with van der Waals surface area (Å²) in [5.74, 6) is 0.0982. The molecule has 0 atom stereocenters. The largest absolute Gasteiger partial charge is 0.377 e. The molecule has 0 radical (unpaired) electrons. The number of amides is 1. The van der Waals surface area contributed by atoms with E-state index in [1.54, 1.807) is 19.0 Å². The number of carbonyl (C=O) groups excluding carboxylic acids is 1. The maximum Gasteiger partial charge on any atom is 0.236 e.